The summed E-state index contributed by atoms with van der Waals surface area (Å²) in [6, 6.07) is 1.91. The minimum absolute atomic E-state index is 0.0603. The number of anilines is 2. The second kappa shape index (κ2) is 6.91. The average molecular weight is 332 g/mol. The maximum Gasteiger partial charge on any atom is 0.265 e. The van der Waals surface area contributed by atoms with Crippen LogP contribution < -0.4 is 10.2 Å². The van der Waals surface area contributed by atoms with Crippen LogP contribution in [-0.2, 0) is 0 Å². The molecule has 1 amide bonds. The Hall–Kier alpha value is -2.22. The molecule has 0 radical (unpaired) electrons. The molecule has 1 N–H and O–H groups in total. The van der Waals surface area contributed by atoms with Gasteiger partial charge in [-0.3, -0.25) is 4.79 Å². The maximum absolute atomic E-state index is 12.5. The molecule has 0 atom stereocenters. The van der Waals surface area contributed by atoms with Crippen LogP contribution in [-0.4, -0.2) is 58.5 Å². The van der Waals surface area contributed by atoms with Crippen molar-refractivity contribution < 1.29 is 4.79 Å². The number of thiazole rings is 1. The molecule has 7 nitrogen and oxygen atoms in total. The van der Waals surface area contributed by atoms with Gasteiger partial charge in [0.05, 0.1) is 6.20 Å². The van der Waals surface area contributed by atoms with Gasteiger partial charge in [-0.15, -0.1) is 0 Å². The summed E-state index contributed by atoms with van der Waals surface area (Å²) in [5, 5.41) is 3.93. The molecule has 0 unspecified atom stereocenters. The normalized spacial score (nSPS) is 14.9. The Labute approximate surface area is 139 Å². The third kappa shape index (κ3) is 3.58. The summed E-state index contributed by atoms with van der Waals surface area (Å²) >= 11 is 1.41. The lowest BCUT2D eigenvalue weighted by molar-refractivity contribution is 0.0751. The van der Waals surface area contributed by atoms with E-state index in [1.165, 1.54) is 11.3 Å². The van der Waals surface area contributed by atoms with Crippen LogP contribution in [0.15, 0.2) is 18.5 Å². The smallest absolute Gasteiger partial charge is 0.265 e. The van der Waals surface area contributed by atoms with Gasteiger partial charge in [-0.1, -0.05) is 11.3 Å². The maximum atomic E-state index is 12.5. The zero-order valence-electron chi connectivity index (χ0n) is 13.3. The number of nitrogens with zero attached hydrogens (tertiary/aromatic N) is 5. The topological polar surface area (TPSA) is 74.2 Å². The predicted octanol–water partition coefficient (Wildman–Crippen LogP) is 1.64. The molecule has 3 heterocycles. The van der Waals surface area contributed by atoms with Gasteiger partial charge in [0.15, 0.2) is 5.13 Å². The van der Waals surface area contributed by atoms with Crippen molar-refractivity contribution in [2.24, 2.45) is 0 Å². The van der Waals surface area contributed by atoms with E-state index in [2.05, 4.69) is 25.2 Å². The van der Waals surface area contributed by atoms with Crippen molar-refractivity contribution in [3.05, 3.63) is 29.2 Å². The van der Waals surface area contributed by atoms with Crippen molar-refractivity contribution in [1.82, 2.24) is 19.9 Å². The SMILES string of the molecule is CCNc1ncc(C(=O)N2CCN(c3ccnc(C)n3)CC2)s1. The number of piperazine rings is 1. The molecule has 122 valence electrons. The van der Waals surface area contributed by atoms with E-state index >= 15 is 0 Å². The molecule has 1 aliphatic rings. The van der Waals surface area contributed by atoms with E-state index in [-0.39, 0.29) is 5.91 Å². The highest BCUT2D eigenvalue weighted by molar-refractivity contribution is 7.17. The van der Waals surface area contributed by atoms with Crippen LogP contribution in [0.4, 0.5) is 10.9 Å². The second-order valence-electron chi connectivity index (χ2n) is 5.30. The van der Waals surface area contributed by atoms with Crippen molar-refractivity contribution in [2.75, 3.05) is 42.9 Å². The molecule has 8 heteroatoms. The number of rotatable bonds is 4. The zero-order valence-corrected chi connectivity index (χ0v) is 14.1. The van der Waals surface area contributed by atoms with Gasteiger partial charge in [-0.25, -0.2) is 15.0 Å². The van der Waals surface area contributed by atoms with Crippen molar-refractivity contribution in [3.8, 4) is 0 Å². The Bertz CT molecular complexity index is 680. The van der Waals surface area contributed by atoms with E-state index in [0.29, 0.717) is 18.0 Å². The number of carbonyl (C=O) groups is 1. The Morgan fingerprint density at radius 3 is 2.78 bits per heavy atom. The van der Waals surface area contributed by atoms with E-state index in [1.54, 1.807) is 12.4 Å². The monoisotopic (exact) mass is 332 g/mol. The van der Waals surface area contributed by atoms with E-state index in [4.69, 9.17) is 0 Å². The van der Waals surface area contributed by atoms with Crippen molar-refractivity contribution in [3.63, 3.8) is 0 Å². The number of nitrogens with one attached hydrogen (secondary N) is 1. The first-order chi connectivity index (χ1) is 11.2. The van der Waals surface area contributed by atoms with Gasteiger partial charge >= 0.3 is 0 Å². The molecule has 1 saturated heterocycles. The summed E-state index contributed by atoms with van der Waals surface area (Å²) in [4.78, 5) is 30.1. The Morgan fingerprint density at radius 2 is 2.09 bits per heavy atom. The molecular formula is C15H20N6OS. The summed E-state index contributed by atoms with van der Waals surface area (Å²) in [6.45, 7) is 7.64. The van der Waals surface area contributed by atoms with Crippen LogP contribution in [0, 0.1) is 6.92 Å². The number of hydrogen-bond donors (Lipinski definition) is 1. The van der Waals surface area contributed by atoms with Crippen molar-refractivity contribution >= 4 is 28.2 Å². The molecule has 0 aliphatic carbocycles. The zero-order chi connectivity index (χ0) is 16.2. The summed E-state index contributed by atoms with van der Waals surface area (Å²) < 4.78 is 0. The number of hydrogen-bond acceptors (Lipinski definition) is 7. The number of aromatic nitrogens is 3. The molecule has 2 aromatic heterocycles. The van der Waals surface area contributed by atoms with E-state index < -0.39 is 0 Å². The van der Waals surface area contributed by atoms with Crippen LogP contribution in [0.2, 0.25) is 0 Å². The minimum Gasteiger partial charge on any atom is -0.362 e. The fraction of sp³-hybridized carbons (Fsp3) is 0.467. The molecule has 23 heavy (non-hydrogen) atoms. The predicted molar refractivity (Wildman–Crippen MR) is 91.2 cm³/mol. The molecule has 1 aliphatic heterocycles. The first-order valence-electron chi connectivity index (χ1n) is 7.71. The third-order valence-corrected chi connectivity index (χ3v) is 4.64. The van der Waals surface area contributed by atoms with Gasteiger partial charge in [-0.05, 0) is 19.9 Å². The molecule has 2 aromatic rings. The van der Waals surface area contributed by atoms with Crippen molar-refractivity contribution in [1.29, 1.82) is 0 Å². The highest BCUT2D eigenvalue weighted by atomic mass is 32.1. The fourth-order valence-corrected chi connectivity index (χ4v) is 3.37. The van der Waals surface area contributed by atoms with E-state index in [1.807, 2.05) is 24.8 Å². The van der Waals surface area contributed by atoms with Crippen LogP contribution in [0.1, 0.15) is 22.4 Å². The summed E-state index contributed by atoms with van der Waals surface area (Å²) in [5.74, 6) is 1.75. The standard InChI is InChI=1S/C15H20N6OS/c1-3-16-15-18-10-12(23-15)14(22)21-8-6-20(7-9-21)13-4-5-17-11(2)19-13/h4-5,10H,3,6-9H2,1-2H3,(H,16,18). The summed E-state index contributed by atoms with van der Waals surface area (Å²) in [7, 11) is 0. The van der Waals surface area contributed by atoms with E-state index in [9.17, 15) is 4.79 Å². The second-order valence-corrected chi connectivity index (χ2v) is 6.33. The first-order valence-corrected chi connectivity index (χ1v) is 8.52. The van der Waals surface area contributed by atoms with Crippen molar-refractivity contribution in [2.45, 2.75) is 13.8 Å². The number of amides is 1. The minimum atomic E-state index is 0.0603. The van der Waals surface area contributed by atoms with Crippen LogP contribution >= 0.6 is 11.3 Å². The molecule has 1 fully saturated rings. The molecule has 0 spiro atoms. The molecule has 0 saturated carbocycles. The highest BCUT2D eigenvalue weighted by Gasteiger charge is 2.24. The van der Waals surface area contributed by atoms with Crippen LogP contribution in [0.25, 0.3) is 0 Å². The highest BCUT2D eigenvalue weighted by Crippen LogP contribution is 2.21. The van der Waals surface area contributed by atoms with Gasteiger partial charge in [0.2, 0.25) is 0 Å². The largest absolute Gasteiger partial charge is 0.362 e. The van der Waals surface area contributed by atoms with Gasteiger partial charge < -0.3 is 15.1 Å². The molecule has 0 bridgehead atoms. The number of carbonyl (C=O) groups excluding carboxylic acids is 1. The molecular weight excluding hydrogens is 312 g/mol. The van der Waals surface area contributed by atoms with Crippen LogP contribution in [0.5, 0.6) is 0 Å². The lowest BCUT2D eigenvalue weighted by Gasteiger charge is -2.35. The fourth-order valence-electron chi connectivity index (χ4n) is 2.52. The van der Waals surface area contributed by atoms with Gasteiger partial charge in [0.1, 0.15) is 16.5 Å². The van der Waals surface area contributed by atoms with E-state index in [0.717, 1.165) is 36.4 Å². The average Bonchev–Trinajstić information content (AvgIpc) is 3.03. The number of aryl methyl sites for hydroxylation is 1. The first kappa shape index (κ1) is 15.7. The van der Waals surface area contributed by atoms with Gasteiger partial charge in [0.25, 0.3) is 5.91 Å². The van der Waals surface area contributed by atoms with Gasteiger partial charge in [0, 0.05) is 38.9 Å². The molecule has 0 aromatic carbocycles. The Balaban J connectivity index is 1.60. The summed E-state index contributed by atoms with van der Waals surface area (Å²) in [6.07, 6.45) is 3.43. The molecule has 3 rings (SSSR count). The summed E-state index contributed by atoms with van der Waals surface area (Å²) in [5.41, 5.74) is 0. The lowest BCUT2D eigenvalue weighted by Crippen LogP contribution is -2.49. The Morgan fingerprint density at radius 1 is 1.30 bits per heavy atom. The lowest BCUT2D eigenvalue weighted by atomic mass is 10.3. The van der Waals surface area contributed by atoms with Crippen LogP contribution in [0.3, 0.4) is 0 Å². The quantitative estimate of drug-likeness (QED) is 0.917. The van der Waals surface area contributed by atoms with Gasteiger partial charge in [-0.2, -0.15) is 0 Å². The Kier molecular flexibility index (Phi) is 4.71. The third-order valence-electron chi connectivity index (χ3n) is 3.70.